The molecule has 7 heteroatoms. The molecule has 2 aromatic carbocycles. The van der Waals surface area contributed by atoms with E-state index in [2.05, 4.69) is 20.6 Å². The van der Waals surface area contributed by atoms with Gasteiger partial charge in [-0.1, -0.05) is 30.3 Å². The molecular formula is C19H15F3N4. The lowest BCUT2D eigenvalue weighted by atomic mass is 10.1. The molecule has 0 amide bonds. The lowest BCUT2D eigenvalue weighted by Crippen LogP contribution is -2.08. The molecule has 4 nitrogen and oxygen atoms in total. The maximum Gasteiger partial charge on any atom is 0.225 e. The van der Waals surface area contributed by atoms with Crippen LogP contribution in [0.2, 0.25) is 0 Å². The van der Waals surface area contributed by atoms with E-state index in [0.29, 0.717) is 29.8 Å². The summed E-state index contributed by atoms with van der Waals surface area (Å²) in [4.78, 5) is 8.75. The fourth-order valence-corrected chi connectivity index (χ4v) is 2.53. The molecule has 1 aliphatic rings. The highest BCUT2D eigenvalue weighted by Gasteiger charge is 2.23. The van der Waals surface area contributed by atoms with E-state index < -0.39 is 23.1 Å². The topological polar surface area (TPSA) is 49.8 Å². The summed E-state index contributed by atoms with van der Waals surface area (Å²) >= 11 is 0. The molecule has 0 atom stereocenters. The fraction of sp³-hybridized carbons (Fsp3) is 0.158. The Balaban J connectivity index is 1.73. The summed E-state index contributed by atoms with van der Waals surface area (Å²) < 4.78 is 41.0. The van der Waals surface area contributed by atoms with Gasteiger partial charge in [-0.2, -0.15) is 4.98 Å². The van der Waals surface area contributed by atoms with Gasteiger partial charge in [0.1, 0.15) is 17.3 Å². The molecule has 0 aliphatic heterocycles. The summed E-state index contributed by atoms with van der Waals surface area (Å²) in [6, 6.07) is 12.5. The van der Waals surface area contributed by atoms with E-state index in [1.54, 1.807) is 6.07 Å². The van der Waals surface area contributed by atoms with Crippen LogP contribution in [0.1, 0.15) is 12.8 Å². The first-order chi connectivity index (χ1) is 12.6. The normalized spacial score (nSPS) is 13.5. The van der Waals surface area contributed by atoms with Gasteiger partial charge in [-0.15, -0.1) is 0 Å². The van der Waals surface area contributed by atoms with Crippen LogP contribution in [-0.4, -0.2) is 16.0 Å². The second kappa shape index (κ2) is 6.67. The molecule has 1 heterocycles. The number of aromatic nitrogens is 2. The number of halogens is 3. The first kappa shape index (κ1) is 16.4. The number of rotatable bonds is 5. The molecule has 0 unspecified atom stereocenters. The van der Waals surface area contributed by atoms with Gasteiger partial charge < -0.3 is 10.6 Å². The van der Waals surface area contributed by atoms with Crippen molar-refractivity contribution in [3.05, 3.63) is 66.0 Å². The Bertz CT molecular complexity index is 920. The molecule has 1 fully saturated rings. The summed E-state index contributed by atoms with van der Waals surface area (Å²) in [5, 5.41) is 5.78. The average Bonchev–Trinajstić information content (AvgIpc) is 3.43. The molecule has 1 saturated carbocycles. The third-order valence-electron chi connectivity index (χ3n) is 3.97. The SMILES string of the molecule is Fc1cc(F)c(Nc2cc(-c3ccccc3)nc(NC3CC3)n2)c(F)c1. The molecule has 4 rings (SSSR count). The Hall–Kier alpha value is -3.09. The van der Waals surface area contributed by atoms with Crippen molar-refractivity contribution in [1.82, 2.24) is 9.97 Å². The van der Waals surface area contributed by atoms with E-state index in [0.717, 1.165) is 18.4 Å². The van der Waals surface area contributed by atoms with Crippen molar-refractivity contribution in [1.29, 1.82) is 0 Å². The third kappa shape index (κ3) is 3.61. The van der Waals surface area contributed by atoms with E-state index >= 15 is 0 Å². The van der Waals surface area contributed by atoms with Crippen molar-refractivity contribution in [2.24, 2.45) is 0 Å². The Labute approximate surface area is 148 Å². The minimum atomic E-state index is -1.03. The van der Waals surface area contributed by atoms with Crippen LogP contribution < -0.4 is 10.6 Å². The van der Waals surface area contributed by atoms with Crippen LogP contribution >= 0.6 is 0 Å². The molecule has 26 heavy (non-hydrogen) atoms. The highest BCUT2D eigenvalue weighted by atomic mass is 19.1. The number of nitrogens with one attached hydrogen (secondary N) is 2. The van der Waals surface area contributed by atoms with Crippen molar-refractivity contribution in [2.45, 2.75) is 18.9 Å². The first-order valence-corrected chi connectivity index (χ1v) is 8.21. The van der Waals surface area contributed by atoms with E-state index in [1.165, 1.54) is 0 Å². The van der Waals surface area contributed by atoms with Gasteiger partial charge in [0.25, 0.3) is 0 Å². The number of anilines is 3. The van der Waals surface area contributed by atoms with Crippen LogP contribution in [0, 0.1) is 17.5 Å². The van der Waals surface area contributed by atoms with Crippen LogP contribution in [0.25, 0.3) is 11.3 Å². The van der Waals surface area contributed by atoms with Crippen LogP contribution in [0.3, 0.4) is 0 Å². The van der Waals surface area contributed by atoms with E-state index in [1.807, 2.05) is 30.3 Å². The molecule has 0 spiro atoms. The van der Waals surface area contributed by atoms with Gasteiger partial charge in [0.2, 0.25) is 5.95 Å². The monoisotopic (exact) mass is 356 g/mol. The fourth-order valence-electron chi connectivity index (χ4n) is 2.53. The average molecular weight is 356 g/mol. The molecule has 0 bridgehead atoms. The predicted octanol–water partition coefficient (Wildman–Crippen LogP) is 4.88. The summed E-state index contributed by atoms with van der Waals surface area (Å²) in [5.74, 6) is -2.45. The number of hydrogen-bond donors (Lipinski definition) is 2. The van der Waals surface area contributed by atoms with Crippen molar-refractivity contribution >= 4 is 17.5 Å². The minimum absolute atomic E-state index is 0.214. The van der Waals surface area contributed by atoms with Crippen molar-refractivity contribution in [3.8, 4) is 11.3 Å². The Kier molecular flexibility index (Phi) is 4.20. The van der Waals surface area contributed by atoms with Crippen LogP contribution in [-0.2, 0) is 0 Å². The number of hydrogen-bond acceptors (Lipinski definition) is 4. The van der Waals surface area contributed by atoms with Crippen molar-refractivity contribution in [2.75, 3.05) is 10.6 Å². The molecule has 1 aromatic heterocycles. The second-order valence-electron chi connectivity index (χ2n) is 6.12. The smallest absolute Gasteiger partial charge is 0.225 e. The zero-order valence-electron chi connectivity index (χ0n) is 13.6. The summed E-state index contributed by atoms with van der Waals surface area (Å²) in [6.07, 6.45) is 2.06. The zero-order valence-corrected chi connectivity index (χ0v) is 13.6. The highest BCUT2D eigenvalue weighted by molar-refractivity contribution is 5.67. The van der Waals surface area contributed by atoms with Gasteiger partial charge in [-0.05, 0) is 12.8 Å². The maximum atomic E-state index is 13.9. The zero-order chi connectivity index (χ0) is 18.1. The van der Waals surface area contributed by atoms with E-state index in [-0.39, 0.29) is 5.82 Å². The first-order valence-electron chi connectivity index (χ1n) is 8.21. The van der Waals surface area contributed by atoms with E-state index in [9.17, 15) is 13.2 Å². The number of nitrogens with zero attached hydrogens (tertiary/aromatic N) is 2. The van der Waals surface area contributed by atoms with Gasteiger partial charge in [0.05, 0.1) is 5.69 Å². The van der Waals surface area contributed by atoms with Gasteiger partial charge in [-0.25, -0.2) is 18.2 Å². The molecule has 0 saturated heterocycles. The van der Waals surface area contributed by atoms with Crippen molar-refractivity contribution < 1.29 is 13.2 Å². The third-order valence-corrected chi connectivity index (χ3v) is 3.97. The lowest BCUT2D eigenvalue weighted by molar-refractivity contribution is 0.548. The second-order valence-corrected chi connectivity index (χ2v) is 6.12. The Morgan fingerprint density at radius 3 is 2.23 bits per heavy atom. The van der Waals surface area contributed by atoms with Gasteiger partial charge in [0, 0.05) is 29.8 Å². The molecule has 0 radical (unpaired) electrons. The number of benzene rings is 2. The van der Waals surface area contributed by atoms with Crippen LogP contribution in [0.5, 0.6) is 0 Å². The predicted molar refractivity (Wildman–Crippen MR) is 93.7 cm³/mol. The summed E-state index contributed by atoms with van der Waals surface area (Å²) in [7, 11) is 0. The van der Waals surface area contributed by atoms with Crippen molar-refractivity contribution in [3.63, 3.8) is 0 Å². The largest absolute Gasteiger partial charge is 0.351 e. The quantitative estimate of drug-likeness (QED) is 0.684. The van der Waals surface area contributed by atoms with E-state index in [4.69, 9.17) is 0 Å². The standard InChI is InChI=1S/C19H15F3N4/c20-12-8-14(21)18(15(22)9-12)25-17-10-16(11-4-2-1-3-5-11)24-19(26-17)23-13-6-7-13/h1-5,8-10,13H,6-7H2,(H2,23,24,25,26). The summed E-state index contributed by atoms with van der Waals surface area (Å²) in [6.45, 7) is 0. The molecule has 1 aliphatic carbocycles. The molecule has 132 valence electrons. The Morgan fingerprint density at radius 2 is 1.58 bits per heavy atom. The molecular weight excluding hydrogens is 341 g/mol. The minimum Gasteiger partial charge on any atom is -0.351 e. The molecule has 2 N–H and O–H groups in total. The molecule has 3 aromatic rings. The van der Waals surface area contributed by atoms with Crippen LogP contribution in [0.4, 0.5) is 30.6 Å². The summed E-state index contributed by atoms with van der Waals surface area (Å²) in [5.41, 5.74) is 0.993. The highest BCUT2D eigenvalue weighted by Crippen LogP contribution is 2.29. The van der Waals surface area contributed by atoms with Gasteiger partial charge in [-0.3, -0.25) is 0 Å². The van der Waals surface area contributed by atoms with Crippen LogP contribution in [0.15, 0.2) is 48.5 Å². The maximum absolute atomic E-state index is 13.9. The van der Waals surface area contributed by atoms with Gasteiger partial charge in [0.15, 0.2) is 11.6 Å². The van der Waals surface area contributed by atoms with Gasteiger partial charge >= 0.3 is 0 Å². The Morgan fingerprint density at radius 1 is 0.885 bits per heavy atom. The lowest BCUT2D eigenvalue weighted by Gasteiger charge is -2.12.